The van der Waals surface area contributed by atoms with Gasteiger partial charge in [0.2, 0.25) is 0 Å². The summed E-state index contributed by atoms with van der Waals surface area (Å²) in [7, 11) is -1.44. The van der Waals surface area contributed by atoms with Gasteiger partial charge in [-0.05, 0) is 35.4 Å². The van der Waals surface area contributed by atoms with E-state index in [4.69, 9.17) is 4.74 Å². The number of carbonyl (C=O) groups is 1. The second kappa shape index (κ2) is 6.88. The third-order valence-corrected chi connectivity index (χ3v) is 6.70. The van der Waals surface area contributed by atoms with Gasteiger partial charge in [-0.3, -0.25) is 4.79 Å². The third-order valence-electron chi connectivity index (χ3n) is 4.58. The van der Waals surface area contributed by atoms with Crippen LogP contribution in [0.15, 0.2) is 48.5 Å². The zero-order valence-corrected chi connectivity index (χ0v) is 15.1. The fourth-order valence-electron chi connectivity index (χ4n) is 2.86. The monoisotopic (exact) mass is 359 g/mol. The molecule has 1 heterocycles. The molecule has 0 bridgehead atoms. The number of hydrogen-bond acceptors (Lipinski definition) is 4. The largest absolute Gasteiger partial charge is 0.497 e. The van der Waals surface area contributed by atoms with Gasteiger partial charge in [0.15, 0.2) is 9.84 Å². The van der Waals surface area contributed by atoms with Crippen molar-refractivity contribution in [2.75, 3.05) is 26.0 Å². The zero-order chi connectivity index (χ0) is 18.0. The Morgan fingerprint density at radius 1 is 1.12 bits per heavy atom. The molecule has 132 valence electrons. The maximum atomic E-state index is 12.4. The number of sulfone groups is 1. The third kappa shape index (κ3) is 3.54. The van der Waals surface area contributed by atoms with Gasteiger partial charge in [0.25, 0.3) is 5.91 Å². The van der Waals surface area contributed by atoms with Gasteiger partial charge in [-0.15, -0.1) is 0 Å². The zero-order valence-electron chi connectivity index (χ0n) is 14.3. The van der Waals surface area contributed by atoms with Gasteiger partial charge in [0.1, 0.15) is 5.75 Å². The summed E-state index contributed by atoms with van der Waals surface area (Å²) in [6.45, 7) is 2.20. The molecular weight excluding hydrogens is 338 g/mol. The number of nitrogens with zero attached hydrogens (tertiary/aromatic N) is 1. The number of hydrogen-bond donors (Lipinski definition) is 0. The van der Waals surface area contributed by atoms with E-state index < -0.39 is 15.1 Å². The first kappa shape index (κ1) is 17.5. The number of ether oxygens (including phenoxy) is 1. The van der Waals surface area contributed by atoms with Crippen molar-refractivity contribution >= 4 is 15.7 Å². The summed E-state index contributed by atoms with van der Waals surface area (Å²) in [6.07, 6.45) is 0. The SMILES string of the molecule is CCS(=O)(=O)C1CN(C(=O)c2ccc(-c3cccc(OC)c3)cc2)C1. The number of amides is 1. The molecular formula is C19H21NO4S. The highest BCUT2D eigenvalue weighted by atomic mass is 32.2. The summed E-state index contributed by atoms with van der Waals surface area (Å²) >= 11 is 0. The lowest BCUT2D eigenvalue weighted by molar-refractivity contribution is 0.0659. The molecule has 0 unspecified atom stereocenters. The van der Waals surface area contributed by atoms with E-state index in [0.717, 1.165) is 16.9 Å². The van der Waals surface area contributed by atoms with Crippen molar-refractivity contribution in [2.45, 2.75) is 12.2 Å². The van der Waals surface area contributed by atoms with Crippen LogP contribution < -0.4 is 4.74 Å². The number of rotatable bonds is 5. The molecule has 1 amide bonds. The van der Waals surface area contributed by atoms with Crippen LogP contribution in [-0.4, -0.2) is 50.4 Å². The van der Waals surface area contributed by atoms with Gasteiger partial charge in [0.05, 0.1) is 12.4 Å². The van der Waals surface area contributed by atoms with Crippen LogP contribution in [0.1, 0.15) is 17.3 Å². The van der Waals surface area contributed by atoms with Crippen LogP contribution in [0.25, 0.3) is 11.1 Å². The first-order valence-electron chi connectivity index (χ1n) is 8.20. The molecule has 0 atom stereocenters. The number of carbonyl (C=O) groups excluding carboxylic acids is 1. The molecule has 2 aromatic rings. The molecule has 2 aromatic carbocycles. The number of likely N-dealkylation sites (tertiary alicyclic amines) is 1. The second-order valence-corrected chi connectivity index (χ2v) is 8.66. The van der Waals surface area contributed by atoms with Crippen molar-refractivity contribution in [1.29, 1.82) is 0 Å². The van der Waals surface area contributed by atoms with Gasteiger partial charge >= 0.3 is 0 Å². The summed E-state index contributed by atoms with van der Waals surface area (Å²) in [5.41, 5.74) is 2.57. The van der Waals surface area contributed by atoms with Crippen molar-refractivity contribution in [1.82, 2.24) is 4.90 Å². The average molecular weight is 359 g/mol. The molecule has 1 fully saturated rings. The molecule has 5 nitrogen and oxygen atoms in total. The lowest BCUT2D eigenvalue weighted by Crippen LogP contribution is -2.57. The van der Waals surface area contributed by atoms with E-state index in [-0.39, 0.29) is 24.7 Å². The highest BCUT2D eigenvalue weighted by Crippen LogP contribution is 2.25. The summed E-state index contributed by atoms with van der Waals surface area (Å²) in [4.78, 5) is 14.0. The Hall–Kier alpha value is -2.34. The topological polar surface area (TPSA) is 63.7 Å². The van der Waals surface area contributed by atoms with E-state index in [1.807, 2.05) is 36.4 Å². The van der Waals surface area contributed by atoms with Crippen molar-refractivity contribution in [3.63, 3.8) is 0 Å². The lowest BCUT2D eigenvalue weighted by atomic mass is 10.0. The van der Waals surface area contributed by atoms with Crippen LogP contribution in [0.4, 0.5) is 0 Å². The van der Waals surface area contributed by atoms with Crippen LogP contribution in [-0.2, 0) is 9.84 Å². The minimum Gasteiger partial charge on any atom is -0.497 e. The van der Waals surface area contributed by atoms with Gasteiger partial charge in [-0.2, -0.15) is 0 Å². The van der Waals surface area contributed by atoms with E-state index in [2.05, 4.69) is 0 Å². The van der Waals surface area contributed by atoms with Crippen LogP contribution in [0, 0.1) is 0 Å². The van der Waals surface area contributed by atoms with Crippen LogP contribution >= 0.6 is 0 Å². The molecule has 0 aromatic heterocycles. The lowest BCUT2D eigenvalue weighted by Gasteiger charge is -2.38. The Balaban J connectivity index is 1.70. The quantitative estimate of drug-likeness (QED) is 0.823. The smallest absolute Gasteiger partial charge is 0.253 e. The fourth-order valence-corrected chi connectivity index (χ4v) is 4.14. The van der Waals surface area contributed by atoms with Crippen LogP contribution in [0.5, 0.6) is 5.75 Å². The minimum absolute atomic E-state index is 0.120. The van der Waals surface area contributed by atoms with Crippen molar-refractivity contribution in [3.8, 4) is 16.9 Å². The molecule has 0 saturated carbocycles. The highest BCUT2D eigenvalue weighted by molar-refractivity contribution is 7.92. The Bertz CT molecular complexity index is 869. The molecule has 1 aliphatic rings. The van der Waals surface area contributed by atoms with Gasteiger partial charge < -0.3 is 9.64 Å². The summed E-state index contributed by atoms with van der Waals surface area (Å²) in [5, 5.41) is -0.419. The predicted molar refractivity (Wildman–Crippen MR) is 97.6 cm³/mol. The van der Waals surface area contributed by atoms with Gasteiger partial charge in [0, 0.05) is 24.4 Å². The van der Waals surface area contributed by atoms with Crippen LogP contribution in [0.3, 0.4) is 0 Å². The Morgan fingerprint density at radius 2 is 1.80 bits per heavy atom. The van der Waals surface area contributed by atoms with E-state index >= 15 is 0 Å². The Morgan fingerprint density at radius 3 is 2.40 bits per heavy atom. The van der Waals surface area contributed by atoms with E-state index in [1.54, 1.807) is 31.1 Å². The highest BCUT2D eigenvalue weighted by Gasteiger charge is 2.38. The first-order chi connectivity index (χ1) is 11.9. The van der Waals surface area contributed by atoms with E-state index in [9.17, 15) is 13.2 Å². The standard InChI is InChI=1S/C19H21NO4S/c1-3-25(22,23)18-12-20(13-18)19(21)15-9-7-14(8-10-15)16-5-4-6-17(11-16)24-2/h4-11,18H,3,12-13H2,1-2H3. The normalized spacial score (nSPS) is 14.9. The van der Waals surface area contributed by atoms with Gasteiger partial charge in [-0.1, -0.05) is 31.2 Å². The molecule has 1 saturated heterocycles. The Kier molecular flexibility index (Phi) is 4.81. The predicted octanol–water partition coefficient (Wildman–Crippen LogP) is 2.62. The molecule has 25 heavy (non-hydrogen) atoms. The minimum atomic E-state index is -3.07. The maximum Gasteiger partial charge on any atom is 0.253 e. The van der Waals surface area contributed by atoms with Crippen molar-refractivity contribution in [2.24, 2.45) is 0 Å². The molecule has 0 spiro atoms. The number of methoxy groups -OCH3 is 1. The maximum absolute atomic E-state index is 12.4. The molecule has 0 radical (unpaired) electrons. The molecule has 0 N–H and O–H groups in total. The van der Waals surface area contributed by atoms with Crippen LogP contribution in [0.2, 0.25) is 0 Å². The van der Waals surface area contributed by atoms with Crippen molar-refractivity contribution in [3.05, 3.63) is 54.1 Å². The molecule has 6 heteroatoms. The molecule has 3 rings (SSSR count). The second-order valence-electron chi connectivity index (χ2n) is 6.09. The van der Waals surface area contributed by atoms with Crippen molar-refractivity contribution < 1.29 is 17.9 Å². The Labute approximate surface area is 148 Å². The molecule has 1 aliphatic heterocycles. The van der Waals surface area contributed by atoms with Gasteiger partial charge in [-0.25, -0.2) is 8.42 Å². The fraction of sp³-hybridized carbons (Fsp3) is 0.316. The summed E-state index contributed by atoms with van der Waals surface area (Å²) < 4.78 is 28.8. The summed E-state index contributed by atoms with van der Waals surface area (Å²) in [6, 6.07) is 15.1. The van der Waals surface area contributed by atoms with E-state index in [0.29, 0.717) is 5.56 Å². The first-order valence-corrected chi connectivity index (χ1v) is 9.91. The summed E-state index contributed by atoms with van der Waals surface area (Å²) in [5.74, 6) is 0.774. The van der Waals surface area contributed by atoms with E-state index in [1.165, 1.54) is 0 Å². The average Bonchev–Trinajstić information content (AvgIpc) is 2.60. The molecule has 0 aliphatic carbocycles. The number of benzene rings is 2.